The van der Waals surface area contributed by atoms with Crippen molar-refractivity contribution < 1.29 is 4.79 Å². The third kappa shape index (κ3) is 1.09. The van der Waals surface area contributed by atoms with E-state index in [0.717, 1.165) is 24.1 Å². The Kier molecular flexibility index (Phi) is 1.63. The van der Waals surface area contributed by atoms with Crippen molar-refractivity contribution >= 4 is 18.3 Å². The van der Waals surface area contributed by atoms with Crippen molar-refractivity contribution in [3.05, 3.63) is 29.3 Å². The van der Waals surface area contributed by atoms with Crippen LogP contribution in [0.25, 0.3) is 0 Å². The van der Waals surface area contributed by atoms with Crippen LogP contribution in [0.15, 0.2) is 23.2 Å². The van der Waals surface area contributed by atoms with Gasteiger partial charge in [-0.15, -0.1) is 0 Å². The van der Waals surface area contributed by atoms with Crippen molar-refractivity contribution in [1.82, 2.24) is 5.32 Å². The van der Waals surface area contributed by atoms with Gasteiger partial charge in [-0.3, -0.25) is 4.79 Å². The molecule has 1 aromatic rings. The van der Waals surface area contributed by atoms with Crippen molar-refractivity contribution in [3.63, 3.8) is 0 Å². The van der Waals surface area contributed by atoms with Gasteiger partial charge >= 0.3 is 0 Å². The first-order chi connectivity index (χ1) is 5.90. The molecule has 0 aromatic heterocycles. The minimum absolute atomic E-state index is 0.702. The molecule has 0 bridgehead atoms. The summed E-state index contributed by atoms with van der Waals surface area (Å²) in [7, 11) is 0. The highest BCUT2D eigenvalue weighted by Gasteiger charge is 2.04. The van der Waals surface area contributed by atoms with Gasteiger partial charge in [-0.2, -0.15) is 0 Å². The molecule has 0 saturated heterocycles. The molecule has 1 N–H and O–H groups in total. The number of nitrogens with one attached hydrogen (secondary N) is 1. The number of carbonyl (C=O) groups is 1. The first-order valence-electron chi connectivity index (χ1n) is 3.74. The van der Waals surface area contributed by atoms with E-state index in [1.54, 1.807) is 12.4 Å². The highest BCUT2D eigenvalue weighted by Crippen LogP contribution is 2.21. The molecule has 0 aliphatic carbocycles. The molecule has 0 spiro atoms. The SMILES string of the molecule is O=Cc1ccc2c(c1)CNC=N2. The van der Waals surface area contributed by atoms with Gasteiger partial charge in [-0.1, -0.05) is 0 Å². The number of hydrogen-bond acceptors (Lipinski definition) is 3. The van der Waals surface area contributed by atoms with Crippen LogP contribution in [-0.4, -0.2) is 12.6 Å². The Morgan fingerprint density at radius 3 is 3.25 bits per heavy atom. The van der Waals surface area contributed by atoms with E-state index in [2.05, 4.69) is 10.3 Å². The van der Waals surface area contributed by atoms with Crippen molar-refractivity contribution in [2.24, 2.45) is 4.99 Å². The number of aliphatic imine (C=N–C) groups is 1. The molecule has 0 atom stereocenters. The third-order valence-corrected chi connectivity index (χ3v) is 1.83. The number of nitrogens with zero attached hydrogens (tertiary/aromatic N) is 1. The number of aldehydes is 1. The summed E-state index contributed by atoms with van der Waals surface area (Å²) in [6, 6.07) is 5.48. The molecule has 1 heterocycles. The minimum Gasteiger partial charge on any atom is -0.372 e. The molecular weight excluding hydrogens is 152 g/mol. The van der Waals surface area contributed by atoms with Crippen LogP contribution < -0.4 is 5.32 Å². The van der Waals surface area contributed by atoms with Gasteiger partial charge in [0, 0.05) is 12.1 Å². The number of hydrogen-bond donors (Lipinski definition) is 1. The van der Waals surface area contributed by atoms with Gasteiger partial charge in [0.15, 0.2) is 0 Å². The Morgan fingerprint density at radius 2 is 2.42 bits per heavy atom. The van der Waals surface area contributed by atoms with Crippen LogP contribution in [0.2, 0.25) is 0 Å². The van der Waals surface area contributed by atoms with E-state index in [4.69, 9.17) is 0 Å². The predicted molar refractivity (Wildman–Crippen MR) is 46.8 cm³/mol. The van der Waals surface area contributed by atoms with Crippen molar-refractivity contribution in [2.45, 2.75) is 6.54 Å². The average Bonchev–Trinajstić information content (AvgIpc) is 2.17. The van der Waals surface area contributed by atoms with Crippen molar-refractivity contribution in [1.29, 1.82) is 0 Å². The molecule has 0 radical (unpaired) electrons. The molecule has 12 heavy (non-hydrogen) atoms. The van der Waals surface area contributed by atoms with Crippen molar-refractivity contribution in [2.75, 3.05) is 0 Å². The Hall–Kier alpha value is -1.64. The quantitative estimate of drug-likeness (QED) is 0.628. The van der Waals surface area contributed by atoms with Gasteiger partial charge in [-0.05, 0) is 23.8 Å². The van der Waals surface area contributed by atoms with E-state index in [1.165, 1.54) is 0 Å². The molecule has 2 rings (SSSR count). The summed E-state index contributed by atoms with van der Waals surface area (Å²) in [6.45, 7) is 0.751. The summed E-state index contributed by atoms with van der Waals surface area (Å²) in [4.78, 5) is 14.5. The smallest absolute Gasteiger partial charge is 0.150 e. The number of rotatable bonds is 1. The minimum atomic E-state index is 0.702. The molecule has 1 aliphatic heterocycles. The van der Waals surface area contributed by atoms with E-state index < -0.39 is 0 Å². The van der Waals surface area contributed by atoms with Crippen LogP contribution in [-0.2, 0) is 6.54 Å². The van der Waals surface area contributed by atoms with Gasteiger partial charge in [0.05, 0.1) is 12.0 Å². The van der Waals surface area contributed by atoms with Gasteiger partial charge in [0.25, 0.3) is 0 Å². The van der Waals surface area contributed by atoms with E-state index in [9.17, 15) is 4.79 Å². The number of fused-ring (bicyclic) bond motifs is 1. The Bertz CT molecular complexity index is 344. The van der Waals surface area contributed by atoms with Crippen LogP contribution in [0.5, 0.6) is 0 Å². The monoisotopic (exact) mass is 160 g/mol. The summed E-state index contributed by atoms with van der Waals surface area (Å²) in [5, 5.41) is 2.98. The second-order valence-corrected chi connectivity index (χ2v) is 2.65. The van der Waals surface area contributed by atoms with Crippen molar-refractivity contribution in [3.8, 4) is 0 Å². The maximum atomic E-state index is 10.4. The fourth-order valence-electron chi connectivity index (χ4n) is 1.22. The van der Waals surface area contributed by atoms with Crippen LogP contribution in [0, 0.1) is 0 Å². The lowest BCUT2D eigenvalue weighted by atomic mass is 10.1. The average molecular weight is 160 g/mol. The Morgan fingerprint density at radius 1 is 1.50 bits per heavy atom. The summed E-state index contributed by atoms with van der Waals surface area (Å²) in [5.74, 6) is 0. The summed E-state index contributed by atoms with van der Waals surface area (Å²) in [6.07, 6.45) is 2.52. The maximum absolute atomic E-state index is 10.4. The molecule has 3 nitrogen and oxygen atoms in total. The molecule has 0 fully saturated rings. The molecule has 1 aromatic carbocycles. The molecule has 0 saturated carbocycles. The lowest BCUT2D eigenvalue weighted by Crippen LogP contribution is -2.14. The zero-order chi connectivity index (χ0) is 8.39. The van der Waals surface area contributed by atoms with Gasteiger partial charge in [0.2, 0.25) is 0 Å². The van der Waals surface area contributed by atoms with E-state index in [0.29, 0.717) is 5.56 Å². The number of carbonyl (C=O) groups excluding carboxylic acids is 1. The summed E-state index contributed by atoms with van der Waals surface area (Å²) < 4.78 is 0. The zero-order valence-corrected chi connectivity index (χ0v) is 6.45. The van der Waals surface area contributed by atoms with Gasteiger partial charge in [0.1, 0.15) is 6.29 Å². The second-order valence-electron chi connectivity index (χ2n) is 2.65. The Balaban J connectivity index is 2.50. The van der Waals surface area contributed by atoms with E-state index in [-0.39, 0.29) is 0 Å². The largest absolute Gasteiger partial charge is 0.372 e. The standard InChI is InChI=1S/C9H8N2O/c12-5-7-1-2-9-8(3-7)4-10-6-11-9/h1-3,5-6H,4H2,(H,10,11). The van der Waals surface area contributed by atoms with Gasteiger partial charge in [-0.25, -0.2) is 4.99 Å². The highest BCUT2D eigenvalue weighted by atomic mass is 16.1. The highest BCUT2D eigenvalue weighted by molar-refractivity contribution is 5.77. The summed E-state index contributed by atoms with van der Waals surface area (Å²) in [5.41, 5.74) is 2.72. The maximum Gasteiger partial charge on any atom is 0.150 e. The molecule has 0 unspecified atom stereocenters. The first-order valence-corrected chi connectivity index (χ1v) is 3.74. The zero-order valence-electron chi connectivity index (χ0n) is 6.45. The first kappa shape index (κ1) is 7.03. The molecule has 0 amide bonds. The fraction of sp³-hybridized carbons (Fsp3) is 0.111. The Labute approximate surface area is 70.1 Å². The lowest BCUT2D eigenvalue weighted by molar-refractivity contribution is 0.112. The molecule has 1 aliphatic rings. The van der Waals surface area contributed by atoms with Crippen LogP contribution in [0.4, 0.5) is 5.69 Å². The molecular formula is C9H8N2O. The van der Waals surface area contributed by atoms with Gasteiger partial charge < -0.3 is 5.32 Å². The third-order valence-electron chi connectivity index (χ3n) is 1.83. The predicted octanol–water partition coefficient (Wildman–Crippen LogP) is 1.26. The van der Waals surface area contributed by atoms with E-state index >= 15 is 0 Å². The summed E-state index contributed by atoms with van der Waals surface area (Å²) >= 11 is 0. The van der Waals surface area contributed by atoms with Crippen LogP contribution in [0.1, 0.15) is 15.9 Å². The molecule has 3 heteroatoms. The van der Waals surface area contributed by atoms with Crippen LogP contribution in [0.3, 0.4) is 0 Å². The lowest BCUT2D eigenvalue weighted by Gasteiger charge is -2.10. The van der Waals surface area contributed by atoms with E-state index in [1.807, 2.05) is 12.1 Å². The second kappa shape index (κ2) is 2.77. The normalized spacial score (nSPS) is 13.3. The fourth-order valence-corrected chi connectivity index (χ4v) is 1.22. The topological polar surface area (TPSA) is 41.5 Å². The number of benzene rings is 1. The molecule has 60 valence electrons. The van der Waals surface area contributed by atoms with Crippen LogP contribution >= 0.6 is 0 Å².